The Labute approximate surface area is 165 Å². The van der Waals surface area contributed by atoms with Crippen molar-refractivity contribution in [1.29, 1.82) is 0 Å². The quantitative estimate of drug-likeness (QED) is 0.781. The molecule has 1 aliphatic heterocycles. The maximum absolute atomic E-state index is 6.42. The number of rotatable bonds is 5. The van der Waals surface area contributed by atoms with Crippen LogP contribution in [0.4, 0.5) is 0 Å². The van der Waals surface area contributed by atoms with E-state index in [1.807, 2.05) is 24.3 Å². The van der Waals surface area contributed by atoms with Crippen LogP contribution in [0.15, 0.2) is 30.5 Å². The molecule has 3 aliphatic rings. The van der Waals surface area contributed by atoms with Gasteiger partial charge in [0.2, 0.25) is 0 Å². The summed E-state index contributed by atoms with van der Waals surface area (Å²) in [6.07, 6.45) is 7.24. The van der Waals surface area contributed by atoms with Crippen molar-refractivity contribution in [1.82, 2.24) is 19.9 Å². The highest BCUT2D eigenvalue weighted by Gasteiger charge is 2.43. The predicted molar refractivity (Wildman–Crippen MR) is 106 cm³/mol. The van der Waals surface area contributed by atoms with Crippen LogP contribution >= 0.6 is 11.6 Å². The van der Waals surface area contributed by atoms with Gasteiger partial charge >= 0.3 is 0 Å². The Morgan fingerprint density at radius 2 is 2.00 bits per heavy atom. The average molecular weight is 387 g/mol. The fraction of sp³-hybridized carbons (Fsp3) is 0.619. The number of ether oxygens (including phenoxy) is 1. The molecule has 0 unspecified atom stereocenters. The third-order valence-electron chi connectivity index (χ3n) is 6.48. The normalized spacial score (nSPS) is 31.2. The minimum Gasteiger partial charge on any atom is -0.376 e. The van der Waals surface area contributed by atoms with E-state index in [2.05, 4.69) is 33.1 Å². The number of nitrogens with zero attached hydrogens (tertiary/aromatic N) is 4. The molecule has 144 valence electrons. The third-order valence-corrected chi connectivity index (χ3v) is 6.72. The Kier molecular flexibility index (Phi) is 4.70. The van der Waals surface area contributed by atoms with Gasteiger partial charge in [-0.2, -0.15) is 0 Å². The van der Waals surface area contributed by atoms with Gasteiger partial charge in [-0.25, -0.2) is 4.68 Å². The molecule has 1 aromatic heterocycles. The highest BCUT2D eigenvalue weighted by atomic mass is 35.5. The molecule has 6 heteroatoms. The molecule has 2 heterocycles. The Morgan fingerprint density at radius 3 is 2.78 bits per heavy atom. The van der Waals surface area contributed by atoms with Gasteiger partial charge in [-0.15, -0.1) is 5.10 Å². The van der Waals surface area contributed by atoms with Crippen LogP contribution in [-0.2, 0) is 4.74 Å². The summed E-state index contributed by atoms with van der Waals surface area (Å²) in [5.74, 6) is 2.28. The summed E-state index contributed by atoms with van der Waals surface area (Å²) in [6.45, 7) is 3.29. The van der Waals surface area contributed by atoms with Gasteiger partial charge in [0.15, 0.2) is 0 Å². The fourth-order valence-electron chi connectivity index (χ4n) is 4.85. The van der Waals surface area contributed by atoms with Gasteiger partial charge in [0.25, 0.3) is 0 Å². The topological polar surface area (TPSA) is 43.2 Å². The number of aromatic nitrogens is 3. The minimum absolute atomic E-state index is 0.243. The average Bonchev–Trinajstić information content (AvgIpc) is 3.22. The summed E-state index contributed by atoms with van der Waals surface area (Å²) < 4.78 is 8.48. The number of likely N-dealkylation sites (tertiary alicyclic amines) is 1. The first-order valence-corrected chi connectivity index (χ1v) is 10.5. The van der Waals surface area contributed by atoms with Crippen LogP contribution in [0.2, 0.25) is 5.02 Å². The largest absolute Gasteiger partial charge is 0.376 e. The molecule has 0 amide bonds. The van der Waals surface area contributed by atoms with Crippen LogP contribution in [0.3, 0.4) is 0 Å². The first kappa shape index (κ1) is 17.7. The zero-order chi connectivity index (χ0) is 18.4. The van der Waals surface area contributed by atoms with E-state index < -0.39 is 0 Å². The van der Waals surface area contributed by atoms with Gasteiger partial charge in [-0.05, 0) is 62.6 Å². The standard InChI is InChI=1S/C21H27ClN4O/c1-25-10-16-8-20(21(9-17(16)11-25)27-13-14-5-6-14)26-12-19(23-24-26)15-3-2-4-18(22)7-15/h2-4,7,12,14,16-17,20-21H,5-6,8-11,13H2,1H3/t16-,17+,20-,21-/m1/s1. The second-order valence-electron chi connectivity index (χ2n) is 8.69. The van der Waals surface area contributed by atoms with Crippen molar-refractivity contribution in [2.45, 2.75) is 37.8 Å². The van der Waals surface area contributed by atoms with E-state index in [4.69, 9.17) is 16.3 Å². The summed E-state index contributed by atoms with van der Waals surface area (Å²) in [6, 6.07) is 8.09. The molecule has 4 atom stereocenters. The molecule has 2 aromatic rings. The lowest BCUT2D eigenvalue weighted by Crippen LogP contribution is -2.38. The van der Waals surface area contributed by atoms with E-state index in [0.29, 0.717) is 0 Å². The van der Waals surface area contributed by atoms with Gasteiger partial charge in [0.05, 0.1) is 18.3 Å². The first-order valence-electron chi connectivity index (χ1n) is 10.1. The van der Waals surface area contributed by atoms with Gasteiger partial charge in [-0.1, -0.05) is 28.9 Å². The van der Waals surface area contributed by atoms with Gasteiger partial charge in [-0.3, -0.25) is 0 Å². The molecule has 2 saturated carbocycles. The number of halogens is 1. The van der Waals surface area contributed by atoms with Crippen molar-refractivity contribution in [2.24, 2.45) is 17.8 Å². The minimum atomic E-state index is 0.243. The third kappa shape index (κ3) is 3.78. The molecule has 5 rings (SSSR count). The van der Waals surface area contributed by atoms with Gasteiger partial charge < -0.3 is 9.64 Å². The molecule has 0 radical (unpaired) electrons. The second kappa shape index (κ2) is 7.19. The molecule has 0 N–H and O–H groups in total. The SMILES string of the molecule is CN1C[C@H]2C[C@@H](n3cc(-c4cccc(Cl)c4)nn3)[C@H](OCC3CC3)C[C@H]2C1. The van der Waals surface area contributed by atoms with E-state index >= 15 is 0 Å². The van der Waals surface area contributed by atoms with E-state index in [1.165, 1.54) is 25.9 Å². The van der Waals surface area contributed by atoms with Crippen LogP contribution in [0, 0.1) is 17.8 Å². The lowest BCUT2D eigenvalue weighted by atomic mass is 9.77. The Hall–Kier alpha value is -1.43. The Morgan fingerprint density at radius 1 is 1.19 bits per heavy atom. The summed E-state index contributed by atoms with van der Waals surface area (Å²) in [7, 11) is 2.24. The molecule has 1 aromatic carbocycles. The first-order chi connectivity index (χ1) is 13.2. The lowest BCUT2D eigenvalue weighted by molar-refractivity contribution is -0.0375. The molecular weight excluding hydrogens is 360 g/mol. The summed E-state index contributed by atoms with van der Waals surface area (Å²) in [5.41, 5.74) is 1.89. The molecule has 3 fully saturated rings. The van der Waals surface area contributed by atoms with Crippen molar-refractivity contribution in [3.05, 3.63) is 35.5 Å². The van der Waals surface area contributed by atoms with E-state index in [-0.39, 0.29) is 12.1 Å². The van der Waals surface area contributed by atoms with Crippen molar-refractivity contribution in [2.75, 3.05) is 26.7 Å². The Bertz CT molecular complexity index is 805. The lowest BCUT2D eigenvalue weighted by Gasteiger charge is -2.37. The van der Waals surface area contributed by atoms with Crippen LogP contribution in [0.5, 0.6) is 0 Å². The zero-order valence-electron chi connectivity index (χ0n) is 15.8. The van der Waals surface area contributed by atoms with Gasteiger partial charge in [0.1, 0.15) is 5.69 Å². The molecule has 5 nitrogen and oxygen atoms in total. The Balaban J connectivity index is 1.38. The molecular formula is C21H27ClN4O. The number of hydrogen-bond donors (Lipinski definition) is 0. The molecule has 27 heavy (non-hydrogen) atoms. The summed E-state index contributed by atoms with van der Waals surface area (Å²) >= 11 is 6.15. The van der Waals surface area contributed by atoms with Crippen LogP contribution in [0.1, 0.15) is 31.7 Å². The molecule has 0 bridgehead atoms. The monoisotopic (exact) mass is 386 g/mol. The predicted octanol–water partition coefficient (Wildman–Crippen LogP) is 3.91. The summed E-state index contributed by atoms with van der Waals surface area (Å²) in [4.78, 5) is 2.47. The molecule has 1 saturated heterocycles. The van der Waals surface area contributed by atoms with Crippen LogP contribution < -0.4 is 0 Å². The van der Waals surface area contributed by atoms with E-state index in [0.717, 1.165) is 53.5 Å². The fourth-order valence-corrected chi connectivity index (χ4v) is 5.04. The smallest absolute Gasteiger partial charge is 0.113 e. The van der Waals surface area contributed by atoms with Crippen molar-refractivity contribution < 1.29 is 4.74 Å². The van der Waals surface area contributed by atoms with Gasteiger partial charge in [0, 0.05) is 30.3 Å². The molecule has 2 aliphatic carbocycles. The highest BCUT2D eigenvalue weighted by molar-refractivity contribution is 6.30. The zero-order valence-corrected chi connectivity index (χ0v) is 16.6. The maximum Gasteiger partial charge on any atom is 0.113 e. The second-order valence-corrected chi connectivity index (χ2v) is 9.13. The van der Waals surface area contributed by atoms with Crippen molar-refractivity contribution in [3.8, 4) is 11.3 Å². The molecule has 0 spiro atoms. The highest BCUT2D eigenvalue weighted by Crippen LogP contribution is 2.43. The number of benzene rings is 1. The summed E-state index contributed by atoms with van der Waals surface area (Å²) in [5, 5.41) is 9.66. The number of fused-ring (bicyclic) bond motifs is 1. The van der Waals surface area contributed by atoms with Crippen molar-refractivity contribution in [3.63, 3.8) is 0 Å². The number of hydrogen-bond acceptors (Lipinski definition) is 4. The van der Waals surface area contributed by atoms with E-state index in [9.17, 15) is 0 Å². The maximum atomic E-state index is 6.42. The van der Waals surface area contributed by atoms with Crippen molar-refractivity contribution >= 4 is 11.6 Å². The van der Waals surface area contributed by atoms with Crippen LogP contribution in [-0.4, -0.2) is 52.7 Å². The van der Waals surface area contributed by atoms with E-state index in [1.54, 1.807) is 0 Å². The van der Waals surface area contributed by atoms with Crippen LogP contribution in [0.25, 0.3) is 11.3 Å².